The molecule has 0 bridgehead atoms. The van der Waals surface area contributed by atoms with Crippen LogP contribution in [0.5, 0.6) is 0 Å². The number of benzene rings is 2. The summed E-state index contributed by atoms with van der Waals surface area (Å²) in [5.41, 5.74) is 0.922. The molecule has 0 atom stereocenters. The molecule has 7 nitrogen and oxygen atoms in total. The second kappa shape index (κ2) is 9.85. The minimum absolute atomic E-state index is 0.0350. The Morgan fingerprint density at radius 2 is 1.96 bits per heavy atom. The minimum Gasteiger partial charge on any atom is -0.478 e. The number of nitro benzene ring substituents is 1. The fourth-order valence-electron chi connectivity index (χ4n) is 3.00. The zero-order valence-electron chi connectivity index (χ0n) is 15.4. The van der Waals surface area contributed by atoms with E-state index in [0.29, 0.717) is 11.4 Å². The summed E-state index contributed by atoms with van der Waals surface area (Å²) >= 11 is 5.94. The van der Waals surface area contributed by atoms with Crippen LogP contribution in [0.15, 0.2) is 36.4 Å². The van der Waals surface area contributed by atoms with Gasteiger partial charge in [0.05, 0.1) is 10.5 Å². The maximum atomic E-state index is 12.3. The summed E-state index contributed by atoms with van der Waals surface area (Å²) in [4.78, 5) is 34.3. The first kappa shape index (κ1) is 21.4. The molecule has 2 aromatic rings. The number of anilines is 1. The van der Waals surface area contributed by atoms with Crippen molar-refractivity contribution in [2.45, 2.75) is 39.0 Å². The maximum absolute atomic E-state index is 12.3. The van der Waals surface area contributed by atoms with E-state index in [2.05, 4.69) is 5.32 Å². The molecule has 0 fully saturated rings. The molecule has 2 N–H and O–H groups in total. The Kier molecular flexibility index (Phi) is 7.52. The molecule has 0 radical (unpaired) electrons. The van der Waals surface area contributed by atoms with Gasteiger partial charge in [0, 0.05) is 17.5 Å². The zero-order chi connectivity index (χ0) is 20.7. The van der Waals surface area contributed by atoms with E-state index in [4.69, 9.17) is 11.6 Å². The molecule has 0 spiro atoms. The van der Waals surface area contributed by atoms with E-state index in [1.807, 2.05) is 18.2 Å². The topological polar surface area (TPSA) is 110 Å². The standard InChI is InChI=1S/C20H21ClN2O5/c1-2-15-16(20(25)26)10-11-17(23(27)28)19(15)22-18(24)9-4-3-6-13-7-5-8-14(21)12-13/h5,7-8,10-12H,2-4,6,9H2,1H3,(H,22,24)(H,25,26). The van der Waals surface area contributed by atoms with Gasteiger partial charge in [-0.05, 0) is 55.0 Å². The number of hydrogen-bond acceptors (Lipinski definition) is 4. The van der Waals surface area contributed by atoms with Gasteiger partial charge in [-0.15, -0.1) is 0 Å². The summed E-state index contributed by atoms with van der Waals surface area (Å²) in [6, 6.07) is 9.79. The number of nitro groups is 1. The van der Waals surface area contributed by atoms with Crippen LogP contribution in [-0.2, 0) is 17.6 Å². The van der Waals surface area contributed by atoms with E-state index < -0.39 is 10.9 Å². The van der Waals surface area contributed by atoms with Gasteiger partial charge in [0.15, 0.2) is 0 Å². The van der Waals surface area contributed by atoms with Crippen molar-refractivity contribution in [1.29, 1.82) is 0 Å². The number of hydrogen-bond donors (Lipinski definition) is 2. The Hall–Kier alpha value is -2.93. The average molecular weight is 405 g/mol. The number of carboxylic acid groups (broad SMARTS) is 1. The summed E-state index contributed by atoms with van der Waals surface area (Å²) < 4.78 is 0. The van der Waals surface area contributed by atoms with Crippen LogP contribution in [0.25, 0.3) is 0 Å². The van der Waals surface area contributed by atoms with Gasteiger partial charge in [0.1, 0.15) is 5.69 Å². The highest BCUT2D eigenvalue weighted by Crippen LogP contribution is 2.32. The number of unbranched alkanes of at least 4 members (excludes halogenated alkanes) is 1. The summed E-state index contributed by atoms with van der Waals surface area (Å²) in [6.07, 6.45) is 2.53. The fourth-order valence-corrected chi connectivity index (χ4v) is 3.22. The van der Waals surface area contributed by atoms with Crippen LogP contribution in [0, 0.1) is 10.1 Å². The van der Waals surface area contributed by atoms with Gasteiger partial charge in [0.2, 0.25) is 5.91 Å². The van der Waals surface area contributed by atoms with Gasteiger partial charge in [-0.25, -0.2) is 4.79 Å². The molecule has 0 aliphatic carbocycles. The third kappa shape index (κ3) is 5.53. The van der Waals surface area contributed by atoms with E-state index in [1.165, 1.54) is 6.07 Å². The van der Waals surface area contributed by atoms with Crippen molar-refractivity contribution in [1.82, 2.24) is 0 Å². The molecule has 0 aromatic heterocycles. The first-order valence-corrected chi connectivity index (χ1v) is 9.29. The molecule has 8 heteroatoms. The first-order chi connectivity index (χ1) is 13.3. The number of aryl methyl sites for hydroxylation is 1. The van der Waals surface area contributed by atoms with Crippen LogP contribution in [-0.4, -0.2) is 21.9 Å². The van der Waals surface area contributed by atoms with Gasteiger partial charge in [-0.2, -0.15) is 0 Å². The van der Waals surface area contributed by atoms with Crippen LogP contribution in [0.4, 0.5) is 11.4 Å². The molecule has 0 aliphatic rings. The first-order valence-electron chi connectivity index (χ1n) is 8.91. The summed E-state index contributed by atoms with van der Waals surface area (Å²) in [5.74, 6) is -1.57. The minimum atomic E-state index is -1.19. The number of carbonyl (C=O) groups is 2. The van der Waals surface area contributed by atoms with Gasteiger partial charge in [0.25, 0.3) is 5.69 Å². The largest absolute Gasteiger partial charge is 0.478 e. The number of halogens is 1. The van der Waals surface area contributed by atoms with Crippen molar-refractivity contribution >= 4 is 34.9 Å². The Morgan fingerprint density at radius 1 is 1.21 bits per heavy atom. The van der Waals surface area contributed by atoms with Crippen LogP contribution in [0.2, 0.25) is 5.02 Å². The number of carbonyl (C=O) groups excluding carboxylic acids is 1. The lowest BCUT2D eigenvalue weighted by molar-refractivity contribution is -0.384. The summed E-state index contributed by atoms with van der Waals surface area (Å²) in [6.45, 7) is 1.69. The Balaban J connectivity index is 2.04. The normalized spacial score (nSPS) is 10.5. The van der Waals surface area contributed by atoms with Gasteiger partial charge >= 0.3 is 5.97 Å². The molecule has 0 aliphatic heterocycles. The SMILES string of the molecule is CCc1c(C(=O)O)ccc([N+](=O)[O-])c1NC(=O)CCCCc1cccc(Cl)c1. The molecule has 0 unspecified atom stereocenters. The van der Waals surface area contributed by atoms with Crippen LogP contribution in [0.3, 0.4) is 0 Å². The molecule has 0 heterocycles. The Labute approximate surface area is 167 Å². The van der Waals surface area contributed by atoms with Crippen molar-refractivity contribution < 1.29 is 19.6 Å². The van der Waals surface area contributed by atoms with Crippen molar-refractivity contribution in [3.63, 3.8) is 0 Å². The highest BCUT2D eigenvalue weighted by Gasteiger charge is 2.24. The van der Waals surface area contributed by atoms with E-state index in [0.717, 1.165) is 24.5 Å². The van der Waals surface area contributed by atoms with E-state index in [1.54, 1.807) is 13.0 Å². The predicted octanol–water partition coefficient (Wildman–Crippen LogP) is 4.86. The number of carboxylic acids is 1. The molecular formula is C20H21ClN2O5. The van der Waals surface area contributed by atoms with E-state index in [9.17, 15) is 24.8 Å². The number of nitrogens with one attached hydrogen (secondary N) is 1. The second-order valence-electron chi connectivity index (χ2n) is 6.29. The Morgan fingerprint density at radius 3 is 2.57 bits per heavy atom. The molecule has 28 heavy (non-hydrogen) atoms. The van der Waals surface area contributed by atoms with Crippen LogP contribution >= 0.6 is 11.6 Å². The third-order valence-corrected chi connectivity index (χ3v) is 4.58. The number of aromatic carboxylic acids is 1. The highest BCUT2D eigenvalue weighted by atomic mass is 35.5. The van der Waals surface area contributed by atoms with Gasteiger partial charge in [-0.1, -0.05) is 30.7 Å². The second-order valence-corrected chi connectivity index (χ2v) is 6.72. The average Bonchev–Trinajstić information content (AvgIpc) is 2.64. The lowest BCUT2D eigenvalue weighted by Crippen LogP contribution is -2.16. The van der Waals surface area contributed by atoms with Crippen LogP contribution < -0.4 is 5.32 Å². The number of nitrogens with zero attached hydrogens (tertiary/aromatic N) is 1. The molecule has 0 saturated heterocycles. The number of amides is 1. The monoisotopic (exact) mass is 404 g/mol. The number of rotatable bonds is 9. The molecule has 0 saturated carbocycles. The van der Waals surface area contributed by atoms with E-state index >= 15 is 0 Å². The van der Waals surface area contributed by atoms with Crippen molar-refractivity contribution in [2.75, 3.05) is 5.32 Å². The maximum Gasteiger partial charge on any atom is 0.336 e. The fraction of sp³-hybridized carbons (Fsp3) is 0.300. The van der Waals surface area contributed by atoms with Gasteiger partial charge < -0.3 is 10.4 Å². The molecular weight excluding hydrogens is 384 g/mol. The molecule has 1 amide bonds. The van der Waals surface area contributed by atoms with Crippen molar-refractivity contribution in [3.8, 4) is 0 Å². The highest BCUT2D eigenvalue weighted by molar-refractivity contribution is 6.30. The van der Waals surface area contributed by atoms with Gasteiger partial charge in [-0.3, -0.25) is 14.9 Å². The predicted molar refractivity (Wildman–Crippen MR) is 107 cm³/mol. The summed E-state index contributed by atoms with van der Waals surface area (Å²) in [5, 5.41) is 23.8. The van der Waals surface area contributed by atoms with Crippen LogP contribution in [0.1, 0.15) is 47.7 Å². The smallest absolute Gasteiger partial charge is 0.336 e. The lowest BCUT2D eigenvalue weighted by Gasteiger charge is -2.13. The third-order valence-electron chi connectivity index (χ3n) is 4.34. The quantitative estimate of drug-likeness (QED) is 0.352. The molecule has 2 aromatic carbocycles. The summed E-state index contributed by atoms with van der Waals surface area (Å²) in [7, 11) is 0. The molecule has 2 rings (SSSR count). The van der Waals surface area contributed by atoms with Crippen molar-refractivity contribution in [3.05, 3.63) is 68.2 Å². The Bertz CT molecular complexity index is 898. The van der Waals surface area contributed by atoms with E-state index in [-0.39, 0.29) is 41.3 Å². The lowest BCUT2D eigenvalue weighted by atomic mass is 10.0. The molecule has 148 valence electrons. The van der Waals surface area contributed by atoms with Crippen molar-refractivity contribution in [2.24, 2.45) is 0 Å². The zero-order valence-corrected chi connectivity index (χ0v) is 16.2.